The molecule has 1 saturated heterocycles. The molecule has 1 aromatic rings. The molecule has 1 N–H and O–H groups in total. The van der Waals surface area contributed by atoms with Crippen LogP contribution in [0.2, 0.25) is 0 Å². The van der Waals surface area contributed by atoms with Crippen LogP contribution < -0.4 is 10.2 Å². The molecule has 4 heteroatoms. The number of hydrogen-bond donors (Lipinski definition) is 1. The molecule has 0 amide bonds. The average molecular weight is 294 g/mol. The highest BCUT2D eigenvalue weighted by atomic mass is 19.1. The van der Waals surface area contributed by atoms with Crippen molar-refractivity contribution in [3.05, 3.63) is 29.6 Å². The van der Waals surface area contributed by atoms with Crippen LogP contribution in [0.25, 0.3) is 0 Å². The lowest BCUT2D eigenvalue weighted by Gasteiger charge is -2.41. The van der Waals surface area contributed by atoms with Gasteiger partial charge in [-0.05, 0) is 44.4 Å². The van der Waals surface area contributed by atoms with Crippen LogP contribution in [0.15, 0.2) is 18.2 Å². The monoisotopic (exact) mass is 294 g/mol. The maximum Gasteiger partial charge on any atom is 0.146 e. The van der Waals surface area contributed by atoms with Gasteiger partial charge in [0.2, 0.25) is 0 Å². The Labute approximate surface area is 127 Å². The first-order chi connectivity index (χ1) is 10.1. The van der Waals surface area contributed by atoms with Gasteiger partial charge in [-0.3, -0.25) is 0 Å². The van der Waals surface area contributed by atoms with Gasteiger partial charge in [-0.15, -0.1) is 0 Å². The van der Waals surface area contributed by atoms with E-state index in [4.69, 9.17) is 4.74 Å². The summed E-state index contributed by atoms with van der Waals surface area (Å²) in [5, 5.41) is 3.37. The summed E-state index contributed by atoms with van der Waals surface area (Å²) in [4.78, 5) is 2.14. The highest BCUT2D eigenvalue weighted by molar-refractivity contribution is 5.55. The molecule has 1 aliphatic heterocycles. The summed E-state index contributed by atoms with van der Waals surface area (Å²) in [6.45, 7) is 7.53. The van der Waals surface area contributed by atoms with Crippen LogP contribution >= 0.6 is 0 Å². The van der Waals surface area contributed by atoms with Crippen LogP contribution in [-0.2, 0) is 11.3 Å². The number of hydrogen-bond acceptors (Lipinski definition) is 3. The van der Waals surface area contributed by atoms with Gasteiger partial charge in [-0.25, -0.2) is 4.39 Å². The van der Waals surface area contributed by atoms with Crippen molar-refractivity contribution in [1.82, 2.24) is 5.32 Å². The number of ether oxygens (including phenoxy) is 1. The van der Waals surface area contributed by atoms with E-state index in [0.29, 0.717) is 6.54 Å². The molecule has 0 spiro atoms. The molecule has 1 aromatic carbocycles. The summed E-state index contributed by atoms with van der Waals surface area (Å²) in [6, 6.07) is 5.36. The Morgan fingerprint density at radius 2 is 2.24 bits per heavy atom. The Kier molecular flexibility index (Phi) is 5.59. The smallest absolute Gasteiger partial charge is 0.146 e. The van der Waals surface area contributed by atoms with Gasteiger partial charge in [0.1, 0.15) is 5.82 Å². The molecule has 0 radical (unpaired) electrons. The molecular formula is C17H27FN2O. The van der Waals surface area contributed by atoms with E-state index in [-0.39, 0.29) is 11.4 Å². The Bertz CT molecular complexity index is 466. The highest BCUT2D eigenvalue weighted by Gasteiger charge is 2.32. The lowest BCUT2D eigenvalue weighted by Crippen LogP contribution is -2.48. The van der Waals surface area contributed by atoms with E-state index in [1.165, 1.54) is 0 Å². The van der Waals surface area contributed by atoms with Crippen LogP contribution in [0.5, 0.6) is 0 Å². The van der Waals surface area contributed by atoms with E-state index in [9.17, 15) is 4.39 Å². The summed E-state index contributed by atoms with van der Waals surface area (Å²) in [7, 11) is 1.74. The van der Waals surface area contributed by atoms with E-state index in [1.54, 1.807) is 19.2 Å². The fourth-order valence-electron chi connectivity index (χ4n) is 3.02. The predicted molar refractivity (Wildman–Crippen MR) is 85.3 cm³/mol. The minimum atomic E-state index is -0.186. The molecule has 1 unspecified atom stereocenters. The van der Waals surface area contributed by atoms with Crippen molar-refractivity contribution in [3.8, 4) is 0 Å². The molecule has 21 heavy (non-hydrogen) atoms. The maximum absolute atomic E-state index is 14.4. The molecular weight excluding hydrogens is 267 g/mol. The van der Waals surface area contributed by atoms with Gasteiger partial charge in [0, 0.05) is 26.7 Å². The molecule has 1 fully saturated rings. The Hall–Kier alpha value is -1.13. The molecule has 0 saturated carbocycles. The Morgan fingerprint density at radius 3 is 2.95 bits per heavy atom. The fraction of sp³-hybridized carbons (Fsp3) is 0.647. The second-order valence-electron chi connectivity index (χ2n) is 6.10. The number of rotatable bonds is 6. The average Bonchev–Trinajstić information content (AvgIpc) is 2.48. The molecule has 2 rings (SSSR count). The molecule has 3 nitrogen and oxygen atoms in total. The van der Waals surface area contributed by atoms with Crippen molar-refractivity contribution in [2.24, 2.45) is 0 Å². The first-order valence-electron chi connectivity index (χ1n) is 7.88. The molecule has 118 valence electrons. The lowest BCUT2D eigenvalue weighted by atomic mass is 9.93. The van der Waals surface area contributed by atoms with Crippen LogP contribution in [-0.4, -0.2) is 32.3 Å². The number of benzene rings is 1. The van der Waals surface area contributed by atoms with Gasteiger partial charge < -0.3 is 15.0 Å². The minimum absolute atomic E-state index is 0.133. The third-order valence-electron chi connectivity index (χ3n) is 4.28. The number of piperidine rings is 1. The van der Waals surface area contributed by atoms with Gasteiger partial charge in [0.25, 0.3) is 0 Å². The SMILES string of the molecule is CCCNCc1cccc(F)c1N1CCCC(C)(OC)C1. The molecule has 1 aliphatic rings. The zero-order valence-electron chi connectivity index (χ0n) is 13.4. The molecule has 0 aromatic heterocycles. The minimum Gasteiger partial charge on any atom is -0.377 e. The van der Waals surface area contributed by atoms with Crippen molar-refractivity contribution < 1.29 is 9.13 Å². The van der Waals surface area contributed by atoms with Crippen LogP contribution in [0.3, 0.4) is 0 Å². The largest absolute Gasteiger partial charge is 0.377 e. The zero-order valence-corrected chi connectivity index (χ0v) is 13.4. The summed E-state index contributed by atoms with van der Waals surface area (Å²) < 4.78 is 20.0. The van der Waals surface area contributed by atoms with Gasteiger partial charge in [0.15, 0.2) is 0 Å². The van der Waals surface area contributed by atoms with Crippen LogP contribution in [0.4, 0.5) is 10.1 Å². The highest BCUT2D eigenvalue weighted by Crippen LogP contribution is 2.32. The standard InChI is InChI=1S/C17H27FN2O/c1-4-10-19-12-14-7-5-8-15(18)16(14)20-11-6-9-17(2,13-20)21-3/h5,7-8,19H,4,6,9-13H2,1-3H3. The quantitative estimate of drug-likeness (QED) is 0.815. The van der Waals surface area contributed by atoms with Gasteiger partial charge in [-0.1, -0.05) is 19.1 Å². The van der Waals surface area contributed by atoms with Crippen LogP contribution in [0, 0.1) is 5.82 Å². The summed E-state index contributed by atoms with van der Waals surface area (Å²) in [6.07, 6.45) is 3.13. The van der Waals surface area contributed by atoms with Crippen molar-refractivity contribution in [2.45, 2.75) is 45.3 Å². The second kappa shape index (κ2) is 7.23. The van der Waals surface area contributed by atoms with Crippen LogP contribution in [0.1, 0.15) is 38.7 Å². The number of nitrogens with zero attached hydrogens (tertiary/aromatic N) is 1. The van der Waals surface area contributed by atoms with E-state index in [1.807, 2.05) is 6.07 Å². The van der Waals surface area contributed by atoms with E-state index in [2.05, 4.69) is 24.1 Å². The summed E-state index contributed by atoms with van der Waals surface area (Å²) in [5.41, 5.74) is 1.59. The zero-order chi connectivity index (χ0) is 15.3. The molecule has 1 atom stereocenters. The van der Waals surface area contributed by atoms with Crippen molar-refractivity contribution >= 4 is 5.69 Å². The van der Waals surface area contributed by atoms with E-state index >= 15 is 0 Å². The predicted octanol–water partition coefficient (Wildman–Crippen LogP) is 3.33. The first-order valence-corrected chi connectivity index (χ1v) is 7.88. The number of anilines is 1. The van der Waals surface area contributed by atoms with Crippen molar-refractivity contribution in [2.75, 3.05) is 31.6 Å². The van der Waals surface area contributed by atoms with Crippen molar-refractivity contribution in [1.29, 1.82) is 0 Å². The summed E-state index contributed by atoms with van der Waals surface area (Å²) >= 11 is 0. The molecule has 1 heterocycles. The maximum atomic E-state index is 14.4. The number of halogens is 1. The normalized spacial score (nSPS) is 22.6. The van der Waals surface area contributed by atoms with Gasteiger partial charge in [-0.2, -0.15) is 0 Å². The van der Waals surface area contributed by atoms with E-state index < -0.39 is 0 Å². The second-order valence-corrected chi connectivity index (χ2v) is 6.10. The summed E-state index contributed by atoms with van der Waals surface area (Å²) in [5.74, 6) is -0.133. The van der Waals surface area contributed by atoms with Gasteiger partial charge >= 0.3 is 0 Å². The number of methoxy groups -OCH3 is 1. The fourth-order valence-corrected chi connectivity index (χ4v) is 3.02. The lowest BCUT2D eigenvalue weighted by molar-refractivity contribution is -0.00480. The number of nitrogens with one attached hydrogen (secondary N) is 1. The van der Waals surface area contributed by atoms with Crippen molar-refractivity contribution in [3.63, 3.8) is 0 Å². The Balaban J connectivity index is 2.21. The molecule has 0 bridgehead atoms. The number of para-hydroxylation sites is 1. The Morgan fingerprint density at radius 1 is 1.43 bits per heavy atom. The van der Waals surface area contributed by atoms with Gasteiger partial charge in [0.05, 0.1) is 11.3 Å². The molecule has 0 aliphatic carbocycles. The third-order valence-corrected chi connectivity index (χ3v) is 4.28. The topological polar surface area (TPSA) is 24.5 Å². The van der Waals surface area contributed by atoms with E-state index in [0.717, 1.165) is 50.1 Å². The first kappa shape index (κ1) is 16.2. The third kappa shape index (κ3) is 3.95.